The van der Waals surface area contributed by atoms with Gasteiger partial charge in [-0.15, -0.1) is 10.2 Å². The second kappa shape index (κ2) is 7.31. The van der Waals surface area contributed by atoms with E-state index in [1.807, 2.05) is 30.3 Å². The molecule has 0 unspecified atom stereocenters. The van der Waals surface area contributed by atoms with Crippen molar-refractivity contribution in [3.05, 3.63) is 59.0 Å². The second-order valence-electron chi connectivity index (χ2n) is 5.12. The summed E-state index contributed by atoms with van der Waals surface area (Å²) in [4.78, 5) is 11.7. The third-order valence-electron chi connectivity index (χ3n) is 3.43. The van der Waals surface area contributed by atoms with Crippen LogP contribution in [0.3, 0.4) is 0 Å². The van der Waals surface area contributed by atoms with Crippen molar-refractivity contribution >= 4 is 23.2 Å². The van der Waals surface area contributed by atoms with Crippen LogP contribution in [0.1, 0.15) is 18.1 Å². The van der Waals surface area contributed by atoms with E-state index in [9.17, 15) is 4.79 Å². The van der Waals surface area contributed by atoms with Crippen molar-refractivity contribution in [2.24, 2.45) is 0 Å². The zero-order chi connectivity index (χ0) is 16.9. The minimum Gasteiger partial charge on any atom is -0.489 e. The Morgan fingerprint density at radius 1 is 1.29 bits per heavy atom. The Balaban J connectivity index is 1.75. The summed E-state index contributed by atoms with van der Waals surface area (Å²) in [6.45, 7) is 2.45. The maximum Gasteiger partial charge on any atom is 0.310 e. The van der Waals surface area contributed by atoms with E-state index in [4.69, 9.17) is 21.1 Å². The number of benzene rings is 1. The van der Waals surface area contributed by atoms with Crippen LogP contribution >= 0.6 is 11.6 Å². The van der Waals surface area contributed by atoms with Gasteiger partial charge >= 0.3 is 5.97 Å². The molecule has 0 amide bonds. The SMILES string of the molecule is CCOC(=O)Cc1ccccc1OCc1cc(Cl)n2cnnc2c1. The summed E-state index contributed by atoms with van der Waals surface area (Å²) in [5.74, 6) is 0.365. The number of nitrogens with zero attached hydrogens (tertiary/aromatic N) is 3. The first kappa shape index (κ1) is 16.3. The molecule has 2 heterocycles. The van der Waals surface area contributed by atoms with Gasteiger partial charge in [0.15, 0.2) is 5.65 Å². The zero-order valence-electron chi connectivity index (χ0n) is 13.1. The summed E-state index contributed by atoms with van der Waals surface area (Å²) in [6.07, 6.45) is 1.73. The Labute approximate surface area is 144 Å². The van der Waals surface area contributed by atoms with Crippen LogP contribution < -0.4 is 4.74 Å². The van der Waals surface area contributed by atoms with E-state index in [2.05, 4.69) is 10.2 Å². The number of carbonyl (C=O) groups excluding carboxylic acids is 1. The van der Waals surface area contributed by atoms with Gasteiger partial charge in [-0.3, -0.25) is 9.20 Å². The molecule has 3 rings (SSSR count). The number of carbonyl (C=O) groups is 1. The lowest BCUT2D eigenvalue weighted by molar-refractivity contribution is -0.142. The molecule has 1 aromatic carbocycles. The smallest absolute Gasteiger partial charge is 0.310 e. The number of hydrogen-bond acceptors (Lipinski definition) is 5. The van der Waals surface area contributed by atoms with Crippen LogP contribution in [0.2, 0.25) is 5.15 Å². The highest BCUT2D eigenvalue weighted by Crippen LogP contribution is 2.22. The van der Waals surface area contributed by atoms with E-state index in [0.717, 1.165) is 11.1 Å². The highest BCUT2D eigenvalue weighted by Gasteiger charge is 2.10. The largest absolute Gasteiger partial charge is 0.489 e. The average Bonchev–Trinajstić information content (AvgIpc) is 3.03. The molecule has 0 radical (unpaired) electrons. The molecule has 0 bridgehead atoms. The molecule has 0 aliphatic carbocycles. The van der Waals surface area contributed by atoms with E-state index in [-0.39, 0.29) is 12.4 Å². The van der Waals surface area contributed by atoms with Crippen molar-refractivity contribution in [3.63, 3.8) is 0 Å². The number of fused-ring (bicyclic) bond motifs is 1. The Morgan fingerprint density at radius 3 is 2.96 bits per heavy atom. The minimum absolute atomic E-state index is 0.175. The van der Waals surface area contributed by atoms with Crippen LogP contribution in [0.25, 0.3) is 5.65 Å². The predicted octanol–water partition coefficient (Wildman–Crippen LogP) is 3.07. The van der Waals surface area contributed by atoms with E-state index < -0.39 is 0 Å². The number of ether oxygens (including phenoxy) is 2. The number of esters is 1. The number of para-hydroxylation sites is 1. The molecule has 7 heteroatoms. The van der Waals surface area contributed by atoms with Gasteiger partial charge in [0.1, 0.15) is 23.8 Å². The number of rotatable bonds is 6. The first-order valence-corrected chi connectivity index (χ1v) is 7.89. The molecule has 0 atom stereocenters. The van der Waals surface area contributed by atoms with Crippen molar-refractivity contribution in [1.29, 1.82) is 0 Å². The Bertz CT molecular complexity index is 863. The number of aromatic nitrogens is 3. The first-order chi connectivity index (χ1) is 11.7. The standard InChI is InChI=1S/C17H16ClN3O3/c1-2-23-17(22)9-13-5-3-4-6-14(13)24-10-12-7-15(18)21-11-19-20-16(21)8-12/h3-8,11H,2,9-10H2,1H3. The Hall–Kier alpha value is -2.60. The normalized spacial score (nSPS) is 10.8. The topological polar surface area (TPSA) is 65.7 Å². The van der Waals surface area contributed by atoms with Crippen molar-refractivity contribution in [2.75, 3.05) is 6.61 Å². The van der Waals surface area contributed by atoms with Crippen LogP contribution in [0.4, 0.5) is 0 Å². The van der Waals surface area contributed by atoms with Crippen LogP contribution in [0, 0.1) is 0 Å². The maximum atomic E-state index is 11.7. The highest BCUT2D eigenvalue weighted by atomic mass is 35.5. The zero-order valence-corrected chi connectivity index (χ0v) is 13.9. The number of halogens is 1. The Kier molecular flexibility index (Phi) is 4.96. The molecule has 6 nitrogen and oxygen atoms in total. The lowest BCUT2D eigenvalue weighted by atomic mass is 10.1. The molecular formula is C17H16ClN3O3. The predicted molar refractivity (Wildman–Crippen MR) is 89.1 cm³/mol. The first-order valence-electron chi connectivity index (χ1n) is 7.52. The molecule has 0 fully saturated rings. The van der Waals surface area contributed by atoms with Gasteiger partial charge in [-0.1, -0.05) is 29.8 Å². The van der Waals surface area contributed by atoms with Crippen LogP contribution in [-0.2, 0) is 22.6 Å². The second-order valence-corrected chi connectivity index (χ2v) is 5.51. The highest BCUT2D eigenvalue weighted by molar-refractivity contribution is 6.29. The van der Waals surface area contributed by atoms with Gasteiger partial charge in [0, 0.05) is 5.56 Å². The fraction of sp³-hybridized carbons (Fsp3) is 0.235. The van der Waals surface area contributed by atoms with Crippen LogP contribution in [-0.4, -0.2) is 27.2 Å². The molecule has 2 aromatic heterocycles. The van der Waals surface area contributed by atoms with Gasteiger partial charge in [0.05, 0.1) is 13.0 Å². The minimum atomic E-state index is -0.276. The molecule has 0 saturated heterocycles. The van der Waals surface area contributed by atoms with Crippen LogP contribution in [0.15, 0.2) is 42.7 Å². The summed E-state index contributed by atoms with van der Waals surface area (Å²) < 4.78 is 12.5. The van der Waals surface area contributed by atoms with E-state index in [1.165, 1.54) is 0 Å². The summed E-state index contributed by atoms with van der Waals surface area (Å²) >= 11 is 6.19. The van der Waals surface area contributed by atoms with Gasteiger partial charge < -0.3 is 9.47 Å². The lowest BCUT2D eigenvalue weighted by Crippen LogP contribution is -2.09. The summed E-state index contributed by atoms with van der Waals surface area (Å²) in [7, 11) is 0. The maximum absolute atomic E-state index is 11.7. The van der Waals surface area contributed by atoms with Crippen molar-refractivity contribution < 1.29 is 14.3 Å². The molecular weight excluding hydrogens is 330 g/mol. The number of pyridine rings is 1. The number of hydrogen-bond donors (Lipinski definition) is 0. The fourth-order valence-electron chi connectivity index (χ4n) is 2.34. The van der Waals surface area contributed by atoms with Crippen molar-refractivity contribution in [2.45, 2.75) is 20.0 Å². The molecule has 0 aliphatic heterocycles. The van der Waals surface area contributed by atoms with Crippen molar-refractivity contribution in [3.8, 4) is 5.75 Å². The van der Waals surface area contributed by atoms with Gasteiger partial charge in [0.25, 0.3) is 0 Å². The van der Waals surface area contributed by atoms with E-state index in [1.54, 1.807) is 23.7 Å². The quantitative estimate of drug-likeness (QED) is 0.507. The molecule has 0 aliphatic rings. The fourth-order valence-corrected chi connectivity index (χ4v) is 2.61. The average molecular weight is 346 g/mol. The molecule has 24 heavy (non-hydrogen) atoms. The summed E-state index contributed by atoms with van der Waals surface area (Å²) in [6, 6.07) is 11.0. The monoisotopic (exact) mass is 345 g/mol. The summed E-state index contributed by atoms with van der Waals surface area (Å²) in [5.41, 5.74) is 2.30. The van der Waals surface area contributed by atoms with E-state index in [0.29, 0.717) is 29.8 Å². The van der Waals surface area contributed by atoms with E-state index >= 15 is 0 Å². The molecule has 0 N–H and O–H groups in total. The third-order valence-corrected chi connectivity index (χ3v) is 3.72. The Morgan fingerprint density at radius 2 is 2.12 bits per heavy atom. The summed E-state index contributed by atoms with van der Waals surface area (Å²) in [5, 5.41) is 8.32. The van der Waals surface area contributed by atoms with Crippen molar-refractivity contribution in [1.82, 2.24) is 14.6 Å². The molecule has 3 aromatic rings. The van der Waals surface area contributed by atoms with Gasteiger partial charge in [-0.2, -0.15) is 0 Å². The third kappa shape index (κ3) is 3.65. The molecule has 0 saturated carbocycles. The van der Waals surface area contributed by atoms with Gasteiger partial charge in [-0.05, 0) is 30.7 Å². The van der Waals surface area contributed by atoms with Gasteiger partial charge in [0.2, 0.25) is 0 Å². The lowest BCUT2D eigenvalue weighted by Gasteiger charge is -2.11. The molecule has 124 valence electrons. The van der Waals surface area contributed by atoms with Crippen LogP contribution in [0.5, 0.6) is 5.75 Å². The van der Waals surface area contributed by atoms with Gasteiger partial charge in [-0.25, -0.2) is 0 Å². The molecule has 0 spiro atoms.